The summed E-state index contributed by atoms with van der Waals surface area (Å²) in [4.78, 5) is 17.2. The zero-order chi connectivity index (χ0) is 12.0. The number of nitrogens with two attached hydrogens (primary N) is 1. The molecule has 0 radical (unpaired) electrons. The molecule has 1 aromatic rings. The molecule has 16 heavy (non-hydrogen) atoms. The summed E-state index contributed by atoms with van der Waals surface area (Å²) >= 11 is 0. The number of aromatic nitrogens is 1. The van der Waals surface area contributed by atoms with E-state index in [2.05, 4.69) is 10.4 Å². The van der Waals surface area contributed by atoms with Crippen molar-refractivity contribution in [2.45, 2.75) is 19.4 Å². The minimum absolute atomic E-state index is 0.169. The number of nitrogens with one attached hydrogen (secondary N) is 1. The first-order valence-corrected chi connectivity index (χ1v) is 5.24. The Morgan fingerprint density at radius 2 is 2.19 bits per heavy atom. The van der Waals surface area contributed by atoms with Gasteiger partial charge in [0, 0.05) is 18.9 Å². The lowest BCUT2D eigenvalue weighted by atomic mass is 10.2. The Bertz CT molecular complexity index is 328. The lowest BCUT2D eigenvalue weighted by molar-refractivity contribution is -0.125. The summed E-state index contributed by atoms with van der Waals surface area (Å²) in [5, 5.41) is 0. The van der Waals surface area contributed by atoms with Gasteiger partial charge in [-0.25, -0.2) is 5.84 Å². The number of pyridine rings is 1. The fraction of sp³-hybridized carbons (Fsp3) is 0.455. The van der Waals surface area contributed by atoms with Crippen molar-refractivity contribution >= 4 is 5.91 Å². The molecule has 0 bridgehead atoms. The molecular formula is C11H18N4O. The molecule has 3 N–H and O–H groups in total. The number of hydrogen-bond donors (Lipinski definition) is 2. The van der Waals surface area contributed by atoms with Gasteiger partial charge in [-0.15, -0.1) is 0 Å². The van der Waals surface area contributed by atoms with Crippen LogP contribution in [0.3, 0.4) is 0 Å². The first-order chi connectivity index (χ1) is 7.65. The van der Waals surface area contributed by atoms with Crippen LogP contribution in [0.15, 0.2) is 24.5 Å². The Hall–Kier alpha value is -1.46. The fourth-order valence-corrected chi connectivity index (χ4v) is 1.37. The van der Waals surface area contributed by atoms with Crippen LogP contribution in [-0.2, 0) is 11.2 Å². The molecular weight excluding hydrogens is 204 g/mol. The summed E-state index contributed by atoms with van der Waals surface area (Å²) in [6.07, 6.45) is 4.43. The number of rotatable bonds is 5. The maximum absolute atomic E-state index is 11.3. The third-order valence-electron chi connectivity index (χ3n) is 2.69. The molecule has 0 saturated carbocycles. The van der Waals surface area contributed by atoms with Gasteiger partial charge in [0.25, 0.3) is 5.91 Å². The van der Waals surface area contributed by atoms with Crippen LogP contribution < -0.4 is 11.3 Å². The predicted molar refractivity (Wildman–Crippen MR) is 62.4 cm³/mol. The lowest BCUT2D eigenvalue weighted by Gasteiger charge is -2.22. The minimum atomic E-state index is -0.216. The summed E-state index contributed by atoms with van der Waals surface area (Å²) in [6, 6.07) is 3.73. The first kappa shape index (κ1) is 12.6. The zero-order valence-corrected chi connectivity index (χ0v) is 9.68. The van der Waals surface area contributed by atoms with E-state index in [0.29, 0.717) is 0 Å². The predicted octanol–water partition coefficient (Wildman–Crippen LogP) is -0.0657. The van der Waals surface area contributed by atoms with Gasteiger partial charge in [0.05, 0.1) is 6.04 Å². The second-order valence-corrected chi connectivity index (χ2v) is 3.77. The van der Waals surface area contributed by atoms with Gasteiger partial charge in [-0.1, -0.05) is 0 Å². The van der Waals surface area contributed by atoms with Gasteiger partial charge in [0.15, 0.2) is 0 Å². The van der Waals surface area contributed by atoms with Crippen molar-refractivity contribution in [3.8, 4) is 0 Å². The Morgan fingerprint density at radius 1 is 1.56 bits per heavy atom. The number of likely N-dealkylation sites (N-methyl/N-ethyl adjacent to an activating group) is 1. The molecule has 5 heteroatoms. The first-order valence-electron chi connectivity index (χ1n) is 5.24. The second kappa shape index (κ2) is 6.19. The third kappa shape index (κ3) is 3.60. The highest BCUT2D eigenvalue weighted by Gasteiger charge is 2.16. The highest BCUT2D eigenvalue weighted by atomic mass is 16.2. The van der Waals surface area contributed by atoms with E-state index in [0.717, 1.165) is 13.0 Å². The van der Waals surface area contributed by atoms with Crippen LogP contribution in [0.2, 0.25) is 0 Å². The molecule has 1 amide bonds. The number of amides is 1. The molecule has 0 aromatic carbocycles. The van der Waals surface area contributed by atoms with Crippen molar-refractivity contribution in [3.05, 3.63) is 30.1 Å². The van der Waals surface area contributed by atoms with Crippen molar-refractivity contribution in [1.82, 2.24) is 15.3 Å². The van der Waals surface area contributed by atoms with Crippen LogP contribution in [0.5, 0.6) is 0 Å². The molecule has 1 aromatic heterocycles. The summed E-state index contributed by atoms with van der Waals surface area (Å²) in [5.74, 6) is 4.91. The molecule has 1 atom stereocenters. The average molecular weight is 222 g/mol. The molecule has 0 aliphatic rings. The van der Waals surface area contributed by atoms with Gasteiger partial charge < -0.3 is 0 Å². The van der Waals surface area contributed by atoms with Gasteiger partial charge in [0.2, 0.25) is 0 Å². The van der Waals surface area contributed by atoms with Crippen LogP contribution in [0.25, 0.3) is 0 Å². The number of nitrogens with zero attached hydrogens (tertiary/aromatic N) is 2. The van der Waals surface area contributed by atoms with Crippen LogP contribution in [0, 0.1) is 0 Å². The van der Waals surface area contributed by atoms with E-state index in [4.69, 9.17) is 5.84 Å². The van der Waals surface area contributed by atoms with E-state index in [1.165, 1.54) is 5.56 Å². The Kier molecular flexibility index (Phi) is 4.88. The Morgan fingerprint density at radius 3 is 2.75 bits per heavy atom. The van der Waals surface area contributed by atoms with E-state index < -0.39 is 0 Å². The monoisotopic (exact) mass is 222 g/mol. The largest absolute Gasteiger partial charge is 0.295 e. The molecule has 0 saturated heterocycles. The molecule has 0 aliphatic carbocycles. The topological polar surface area (TPSA) is 71.2 Å². The van der Waals surface area contributed by atoms with Crippen LogP contribution >= 0.6 is 0 Å². The summed E-state index contributed by atoms with van der Waals surface area (Å²) in [6.45, 7) is 2.63. The second-order valence-electron chi connectivity index (χ2n) is 3.77. The van der Waals surface area contributed by atoms with Crippen LogP contribution in [0.1, 0.15) is 12.5 Å². The molecule has 5 nitrogen and oxygen atoms in total. The summed E-state index contributed by atoms with van der Waals surface area (Å²) in [7, 11) is 1.90. The molecule has 1 heterocycles. The Balaban J connectivity index is 2.41. The number of carbonyl (C=O) groups is 1. The molecule has 88 valence electrons. The molecule has 1 unspecified atom stereocenters. The fourth-order valence-electron chi connectivity index (χ4n) is 1.37. The normalized spacial score (nSPS) is 12.5. The van der Waals surface area contributed by atoms with E-state index in [1.807, 2.05) is 31.0 Å². The van der Waals surface area contributed by atoms with E-state index in [1.54, 1.807) is 12.4 Å². The van der Waals surface area contributed by atoms with Crippen LogP contribution in [-0.4, -0.2) is 35.4 Å². The van der Waals surface area contributed by atoms with Crippen molar-refractivity contribution in [2.75, 3.05) is 13.6 Å². The standard InChI is InChI=1S/C11H18N4O/c1-9(11(16)14-12)15(2)8-5-10-3-6-13-7-4-10/h3-4,6-7,9H,5,8,12H2,1-2H3,(H,14,16). The average Bonchev–Trinajstić information content (AvgIpc) is 2.35. The van der Waals surface area contributed by atoms with Gasteiger partial charge in [-0.3, -0.25) is 20.1 Å². The van der Waals surface area contributed by atoms with Gasteiger partial charge in [-0.2, -0.15) is 0 Å². The van der Waals surface area contributed by atoms with E-state index in [-0.39, 0.29) is 11.9 Å². The highest BCUT2D eigenvalue weighted by Crippen LogP contribution is 2.01. The third-order valence-corrected chi connectivity index (χ3v) is 2.69. The van der Waals surface area contributed by atoms with Crippen molar-refractivity contribution in [3.63, 3.8) is 0 Å². The van der Waals surface area contributed by atoms with Crippen molar-refractivity contribution in [1.29, 1.82) is 0 Å². The zero-order valence-electron chi connectivity index (χ0n) is 9.68. The number of hydrogen-bond acceptors (Lipinski definition) is 4. The smallest absolute Gasteiger partial charge is 0.250 e. The molecule has 0 spiro atoms. The number of hydrazine groups is 1. The van der Waals surface area contributed by atoms with Crippen molar-refractivity contribution in [2.24, 2.45) is 5.84 Å². The molecule has 1 rings (SSSR count). The minimum Gasteiger partial charge on any atom is -0.295 e. The Labute approximate surface area is 95.6 Å². The van der Waals surface area contributed by atoms with Gasteiger partial charge in [-0.05, 0) is 38.1 Å². The van der Waals surface area contributed by atoms with E-state index in [9.17, 15) is 4.79 Å². The maximum atomic E-state index is 11.3. The van der Waals surface area contributed by atoms with Crippen molar-refractivity contribution < 1.29 is 4.79 Å². The van der Waals surface area contributed by atoms with Crippen LogP contribution in [0.4, 0.5) is 0 Å². The van der Waals surface area contributed by atoms with E-state index >= 15 is 0 Å². The summed E-state index contributed by atoms with van der Waals surface area (Å²) in [5.41, 5.74) is 3.36. The molecule has 0 fully saturated rings. The quantitative estimate of drug-likeness (QED) is 0.416. The lowest BCUT2D eigenvalue weighted by Crippen LogP contribution is -2.46. The number of carbonyl (C=O) groups excluding carboxylic acids is 1. The SMILES string of the molecule is CC(C(=O)NN)N(C)CCc1ccncc1. The molecule has 0 aliphatic heterocycles. The summed E-state index contributed by atoms with van der Waals surface area (Å²) < 4.78 is 0. The maximum Gasteiger partial charge on any atom is 0.250 e. The van der Waals surface area contributed by atoms with Gasteiger partial charge in [0.1, 0.15) is 0 Å². The highest BCUT2D eigenvalue weighted by molar-refractivity contribution is 5.80. The van der Waals surface area contributed by atoms with Gasteiger partial charge >= 0.3 is 0 Å².